The highest BCUT2D eigenvalue weighted by Gasteiger charge is 2.41. The number of amides is 1. The second kappa shape index (κ2) is 7.79. The summed E-state index contributed by atoms with van der Waals surface area (Å²) in [4.78, 5) is 14.3. The zero-order valence-electron chi connectivity index (χ0n) is 15.2. The van der Waals surface area contributed by atoms with Gasteiger partial charge in [-0.05, 0) is 36.8 Å². The number of methoxy groups -OCH3 is 1. The number of ether oxygens (including phenoxy) is 2. The van der Waals surface area contributed by atoms with E-state index >= 15 is 0 Å². The first-order valence-corrected chi connectivity index (χ1v) is 8.83. The minimum atomic E-state index is -1.09. The van der Waals surface area contributed by atoms with Gasteiger partial charge in [0, 0.05) is 13.0 Å². The Labute approximate surface area is 154 Å². The van der Waals surface area contributed by atoms with Crippen molar-refractivity contribution < 1.29 is 19.4 Å². The van der Waals surface area contributed by atoms with Gasteiger partial charge < -0.3 is 19.5 Å². The second-order valence-electron chi connectivity index (χ2n) is 6.91. The van der Waals surface area contributed by atoms with Crippen LogP contribution in [-0.4, -0.2) is 47.8 Å². The van der Waals surface area contributed by atoms with E-state index in [0.29, 0.717) is 19.4 Å². The van der Waals surface area contributed by atoms with E-state index in [1.54, 1.807) is 18.9 Å². The van der Waals surface area contributed by atoms with Gasteiger partial charge in [-0.2, -0.15) is 0 Å². The van der Waals surface area contributed by atoms with Gasteiger partial charge in [0.25, 0.3) is 0 Å². The number of piperidine rings is 1. The molecule has 0 unspecified atom stereocenters. The highest BCUT2D eigenvalue weighted by atomic mass is 16.5. The molecule has 3 rings (SSSR count). The van der Waals surface area contributed by atoms with E-state index in [1.165, 1.54) is 0 Å². The van der Waals surface area contributed by atoms with Gasteiger partial charge in [0.2, 0.25) is 5.91 Å². The van der Waals surface area contributed by atoms with Crippen LogP contribution in [0, 0.1) is 0 Å². The number of para-hydroxylation sites is 1. The Kier molecular flexibility index (Phi) is 5.47. The van der Waals surface area contributed by atoms with Crippen molar-refractivity contribution in [3.8, 4) is 11.5 Å². The molecule has 0 radical (unpaired) electrons. The van der Waals surface area contributed by atoms with Gasteiger partial charge >= 0.3 is 0 Å². The fourth-order valence-corrected chi connectivity index (χ4v) is 3.24. The standard InChI is InChI=1S/C21H25NO4/c1-21(24)15-22(13-12-19(21)26-18-6-4-3-5-7-18)20(23)14-16-8-10-17(25-2)11-9-16/h3-11,19,24H,12-15H2,1-2H3/t19-,21-/m0/s1. The molecule has 2 aromatic carbocycles. The Morgan fingerprint density at radius 3 is 2.46 bits per heavy atom. The number of carbonyl (C=O) groups is 1. The summed E-state index contributed by atoms with van der Waals surface area (Å²) in [5.74, 6) is 1.51. The Hall–Kier alpha value is -2.53. The van der Waals surface area contributed by atoms with Crippen LogP contribution in [0.5, 0.6) is 11.5 Å². The Morgan fingerprint density at radius 2 is 1.85 bits per heavy atom. The number of hydrogen-bond donors (Lipinski definition) is 1. The largest absolute Gasteiger partial charge is 0.497 e. The fraction of sp³-hybridized carbons (Fsp3) is 0.381. The summed E-state index contributed by atoms with van der Waals surface area (Å²) in [6, 6.07) is 16.9. The molecule has 0 bridgehead atoms. The third kappa shape index (κ3) is 4.35. The lowest BCUT2D eigenvalue weighted by molar-refractivity contribution is -0.145. The van der Waals surface area contributed by atoms with Crippen molar-refractivity contribution in [2.45, 2.75) is 31.5 Å². The molecule has 0 aliphatic carbocycles. The van der Waals surface area contributed by atoms with E-state index in [1.807, 2.05) is 54.6 Å². The van der Waals surface area contributed by atoms with Gasteiger partial charge in [-0.25, -0.2) is 0 Å². The first kappa shape index (κ1) is 18.3. The van der Waals surface area contributed by atoms with Gasteiger partial charge in [0.15, 0.2) is 0 Å². The average Bonchev–Trinajstić information content (AvgIpc) is 2.64. The molecular formula is C21H25NO4. The van der Waals surface area contributed by atoms with Crippen molar-refractivity contribution >= 4 is 5.91 Å². The molecule has 1 aliphatic rings. The van der Waals surface area contributed by atoms with E-state index < -0.39 is 5.60 Å². The van der Waals surface area contributed by atoms with Crippen LogP contribution < -0.4 is 9.47 Å². The van der Waals surface area contributed by atoms with Crippen molar-refractivity contribution in [3.63, 3.8) is 0 Å². The van der Waals surface area contributed by atoms with E-state index in [9.17, 15) is 9.90 Å². The van der Waals surface area contributed by atoms with Gasteiger partial charge in [-0.1, -0.05) is 30.3 Å². The predicted octanol–water partition coefficient (Wildman–Crippen LogP) is 2.67. The summed E-state index contributed by atoms with van der Waals surface area (Å²) in [7, 11) is 1.61. The topological polar surface area (TPSA) is 59.0 Å². The number of β-amino-alcohol motifs (C(OH)–C–C–N with tert-alkyl or cyclic N) is 1. The predicted molar refractivity (Wildman–Crippen MR) is 99.4 cm³/mol. The molecule has 1 N–H and O–H groups in total. The van der Waals surface area contributed by atoms with Gasteiger partial charge in [0.1, 0.15) is 23.2 Å². The zero-order valence-corrected chi connectivity index (χ0v) is 15.2. The highest BCUT2D eigenvalue weighted by Crippen LogP contribution is 2.27. The smallest absolute Gasteiger partial charge is 0.227 e. The third-order valence-corrected chi connectivity index (χ3v) is 4.75. The van der Waals surface area contributed by atoms with Crippen LogP contribution in [0.3, 0.4) is 0 Å². The molecule has 2 atom stereocenters. The molecule has 1 amide bonds. The molecule has 0 saturated carbocycles. The SMILES string of the molecule is COc1ccc(CC(=O)N2CC[C@H](Oc3ccccc3)[C@@](C)(O)C2)cc1. The lowest BCUT2D eigenvalue weighted by atomic mass is 9.91. The summed E-state index contributed by atoms with van der Waals surface area (Å²) in [5.41, 5.74) is -0.165. The maximum Gasteiger partial charge on any atom is 0.227 e. The third-order valence-electron chi connectivity index (χ3n) is 4.75. The van der Waals surface area contributed by atoms with Crippen molar-refractivity contribution in [1.29, 1.82) is 0 Å². The molecule has 26 heavy (non-hydrogen) atoms. The van der Waals surface area contributed by atoms with Gasteiger partial charge in [-0.15, -0.1) is 0 Å². The summed E-state index contributed by atoms with van der Waals surface area (Å²) in [5, 5.41) is 10.8. The number of rotatable bonds is 5. The first-order chi connectivity index (χ1) is 12.5. The summed E-state index contributed by atoms with van der Waals surface area (Å²) in [6.45, 7) is 2.57. The lowest BCUT2D eigenvalue weighted by Gasteiger charge is -2.42. The molecule has 1 saturated heterocycles. The average molecular weight is 355 g/mol. The Balaban J connectivity index is 1.60. The van der Waals surface area contributed by atoms with E-state index in [0.717, 1.165) is 17.1 Å². The molecular weight excluding hydrogens is 330 g/mol. The molecule has 2 aromatic rings. The van der Waals surface area contributed by atoms with Crippen LogP contribution in [-0.2, 0) is 11.2 Å². The molecule has 0 spiro atoms. The molecule has 138 valence electrons. The molecule has 1 heterocycles. The summed E-state index contributed by atoms with van der Waals surface area (Å²) in [6.07, 6.45) is 0.565. The molecule has 1 fully saturated rings. The number of likely N-dealkylation sites (tertiary alicyclic amines) is 1. The minimum Gasteiger partial charge on any atom is -0.497 e. The number of hydrogen-bond acceptors (Lipinski definition) is 4. The number of carbonyl (C=O) groups excluding carboxylic acids is 1. The van der Waals surface area contributed by atoms with E-state index in [4.69, 9.17) is 9.47 Å². The van der Waals surface area contributed by atoms with Crippen molar-refractivity contribution in [3.05, 3.63) is 60.2 Å². The molecule has 0 aromatic heterocycles. The number of benzene rings is 2. The van der Waals surface area contributed by atoms with Gasteiger partial charge in [-0.3, -0.25) is 4.79 Å². The quantitative estimate of drug-likeness (QED) is 0.896. The lowest BCUT2D eigenvalue weighted by Crippen LogP contribution is -2.58. The summed E-state index contributed by atoms with van der Waals surface area (Å²) >= 11 is 0. The fourth-order valence-electron chi connectivity index (χ4n) is 3.24. The number of aliphatic hydroxyl groups is 1. The maximum atomic E-state index is 12.6. The molecule has 5 heteroatoms. The van der Waals surface area contributed by atoms with Crippen LogP contribution in [0.2, 0.25) is 0 Å². The minimum absolute atomic E-state index is 0.00797. The van der Waals surface area contributed by atoms with Crippen molar-refractivity contribution in [1.82, 2.24) is 4.90 Å². The second-order valence-corrected chi connectivity index (χ2v) is 6.91. The van der Waals surface area contributed by atoms with E-state index in [2.05, 4.69) is 0 Å². The molecule has 1 aliphatic heterocycles. The van der Waals surface area contributed by atoms with Crippen LogP contribution >= 0.6 is 0 Å². The molecule has 5 nitrogen and oxygen atoms in total. The van der Waals surface area contributed by atoms with Crippen LogP contribution in [0.15, 0.2) is 54.6 Å². The van der Waals surface area contributed by atoms with Crippen LogP contribution in [0.25, 0.3) is 0 Å². The monoisotopic (exact) mass is 355 g/mol. The zero-order chi connectivity index (χ0) is 18.6. The summed E-state index contributed by atoms with van der Waals surface area (Å²) < 4.78 is 11.1. The van der Waals surface area contributed by atoms with Crippen LogP contribution in [0.1, 0.15) is 18.9 Å². The van der Waals surface area contributed by atoms with Crippen LogP contribution in [0.4, 0.5) is 0 Å². The van der Waals surface area contributed by atoms with Gasteiger partial charge in [0.05, 0.1) is 20.1 Å². The number of nitrogens with zero attached hydrogens (tertiary/aromatic N) is 1. The Morgan fingerprint density at radius 1 is 1.15 bits per heavy atom. The van der Waals surface area contributed by atoms with Crippen molar-refractivity contribution in [2.75, 3.05) is 20.2 Å². The normalized spacial score (nSPS) is 22.7. The first-order valence-electron chi connectivity index (χ1n) is 8.83. The highest BCUT2D eigenvalue weighted by molar-refractivity contribution is 5.79. The van der Waals surface area contributed by atoms with E-state index in [-0.39, 0.29) is 18.6 Å². The maximum absolute atomic E-state index is 12.6. The van der Waals surface area contributed by atoms with Crippen molar-refractivity contribution in [2.24, 2.45) is 0 Å². The Bertz CT molecular complexity index is 727.